The quantitative estimate of drug-likeness (QED) is 0.835. The first-order chi connectivity index (χ1) is 12.0. The molecule has 2 amide bonds. The Labute approximate surface area is 145 Å². The highest BCUT2D eigenvalue weighted by Crippen LogP contribution is 2.30. The molecule has 2 aromatic rings. The lowest BCUT2D eigenvalue weighted by atomic mass is 10.2. The molecule has 1 aromatic heterocycles. The minimum atomic E-state index is -0.422. The van der Waals surface area contributed by atoms with Crippen LogP contribution in [0.5, 0.6) is 11.5 Å². The Kier molecular flexibility index (Phi) is 4.65. The summed E-state index contributed by atoms with van der Waals surface area (Å²) in [6.45, 7) is 7.57. The van der Waals surface area contributed by atoms with Crippen LogP contribution in [0.4, 0.5) is 0 Å². The fourth-order valence-corrected chi connectivity index (χ4v) is 2.96. The van der Waals surface area contributed by atoms with E-state index in [9.17, 15) is 9.59 Å². The second kappa shape index (κ2) is 6.88. The molecule has 0 radical (unpaired) electrons. The van der Waals surface area contributed by atoms with Crippen molar-refractivity contribution in [3.8, 4) is 11.5 Å². The van der Waals surface area contributed by atoms with Crippen LogP contribution in [-0.2, 0) is 6.54 Å². The van der Waals surface area contributed by atoms with Gasteiger partial charge in [0.15, 0.2) is 11.5 Å². The lowest BCUT2D eigenvalue weighted by Crippen LogP contribution is -2.41. The summed E-state index contributed by atoms with van der Waals surface area (Å²) in [6, 6.07) is 6.71. The van der Waals surface area contributed by atoms with Gasteiger partial charge in [0, 0.05) is 23.5 Å². The topological polar surface area (TPSA) is 81.6 Å². The molecule has 7 heteroatoms. The standard InChI is InChI=1S/C18H21N3O4/c1-4-21-11(2)9-14(12(21)3)18(23)20-19-17(22)13-5-6-15-16(10-13)25-8-7-24-15/h5-6,9-10H,4,7-8H2,1-3H3,(H,19,22)(H,20,23). The Morgan fingerprint density at radius 2 is 1.72 bits per heavy atom. The van der Waals surface area contributed by atoms with E-state index in [-0.39, 0.29) is 5.91 Å². The van der Waals surface area contributed by atoms with Crippen LogP contribution in [0, 0.1) is 13.8 Å². The van der Waals surface area contributed by atoms with Gasteiger partial charge >= 0.3 is 0 Å². The third-order valence-corrected chi connectivity index (χ3v) is 4.23. The Hall–Kier alpha value is -2.96. The maximum Gasteiger partial charge on any atom is 0.271 e. The molecule has 0 spiro atoms. The van der Waals surface area contributed by atoms with Gasteiger partial charge in [-0.2, -0.15) is 0 Å². The highest BCUT2D eigenvalue weighted by molar-refractivity contribution is 6.00. The Bertz CT molecular complexity index is 826. The van der Waals surface area contributed by atoms with E-state index < -0.39 is 5.91 Å². The number of ether oxygens (including phenoxy) is 2. The Morgan fingerprint density at radius 3 is 2.40 bits per heavy atom. The van der Waals surface area contributed by atoms with Gasteiger partial charge in [0.05, 0.1) is 5.56 Å². The van der Waals surface area contributed by atoms with Crippen molar-refractivity contribution in [1.29, 1.82) is 0 Å². The molecule has 1 aromatic carbocycles. The summed E-state index contributed by atoms with van der Waals surface area (Å²) in [7, 11) is 0. The predicted molar refractivity (Wildman–Crippen MR) is 91.9 cm³/mol. The number of amides is 2. The molecule has 7 nitrogen and oxygen atoms in total. The summed E-state index contributed by atoms with van der Waals surface area (Å²) in [6.07, 6.45) is 0. The molecule has 1 aliphatic heterocycles. The number of rotatable bonds is 3. The second-order valence-corrected chi connectivity index (χ2v) is 5.80. The summed E-state index contributed by atoms with van der Waals surface area (Å²) in [5.41, 5.74) is 7.68. The maximum absolute atomic E-state index is 12.3. The highest BCUT2D eigenvalue weighted by atomic mass is 16.6. The van der Waals surface area contributed by atoms with E-state index in [0.29, 0.717) is 35.8 Å². The minimum Gasteiger partial charge on any atom is -0.486 e. The zero-order valence-electron chi connectivity index (χ0n) is 14.5. The summed E-state index contributed by atoms with van der Waals surface area (Å²) < 4.78 is 12.9. The van der Waals surface area contributed by atoms with Gasteiger partial charge in [-0.1, -0.05) is 0 Å². The number of aromatic nitrogens is 1. The van der Waals surface area contributed by atoms with E-state index in [2.05, 4.69) is 10.9 Å². The van der Waals surface area contributed by atoms with Gasteiger partial charge in [-0.3, -0.25) is 20.4 Å². The van der Waals surface area contributed by atoms with Gasteiger partial charge in [0.1, 0.15) is 13.2 Å². The summed E-state index contributed by atoms with van der Waals surface area (Å²) >= 11 is 0. The Balaban J connectivity index is 1.67. The number of hydrogen-bond acceptors (Lipinski definition) is 4. The van der Waals surface area contributed by atoms with Crippen LogP contribution >= 0.6 is 0 Å². The molecule has 2 N–H and O–H groups in total. The van der Waals surface area contributed by atoms with E-state index in [1.54, 1.807) is 18.2 Å². The average Bonchev–Trinajstić information content (AvgIpc) is 2.92. The first-order valence-electron chi connectivity index (χ1n) is 8.18. The van der Waals surface area contributed by atoms with E-state index >= 15 is 0 Å². The average molecular weight is 343 g/mol. The fraction of sp³-hybridized carbons (Fsp3) is 0.333. The molecule has 0 saturated carbocycles. The molecule has 132 valence electrons. The van der Waals surface area contributed by atoms with Crippen LogP contribution < -0.4 is 20.3 Å². The normalized spacial score (nSPS) is 12.6. The monoisotopic (exact) mass is 343 g/mol. The van der Waals surface area contributed by atoms with Gasteiger partial charge < -0.3 is 14.0 Å². The molecule has 2 heterocycles. The zero-order chi connectivity index (χ0) is 18.0. The van der Waals surface area contributed by atoms with Crippen molar-refractivity contribution in [2.75, 3.05) is 13.2 Å². The summed E-state index contributed by atoms with van der Waals surface area (Å²) in [5.74, 6) is 0.365. The molecular weight excluding hydrogens is 322 g/mol. The van der Waals surface area contributed by atoms with E-state index in [1.807, 2.05) is 31.4 Å². The molecule has 0 aliphatic carbocycles. The molecule has 0 unspecified atom stereocenters. The number of nitrogens with one attached hydrogen (secondary N) is 2. The van der Waals surface area contributed by atoms with E-state index in [4.69, 9.17) is 9.47 Å². The number of aryl methyl sites for hydroxylation is 1. The summed E-state index contributed by atoms with van der Waals surface area (Å²) in [4.78, 5) is 24.6. The van der Waals surface area contributed by atoms with Crippen molar-refractivity contribution in [3.63, 3.8) is 0 Å². The van der Waals surface area contributed by atoms with Crippen molar-refractivity contribution in [1.82, 2.24) is 15.4 Å². The fourth-order valence-electron chi connectivity index (χ4n) is 2.96. The second-order valence-electron chi connectivity index (χ2n) is 5.80. The van der Waals surface area contributed by atoms with Gasteiger partial charge in [0.2, 0.25) is 0 Å². The predicted octanol–water partition coefficient (Wildman–Crippen LogP) is 1.97. The van der Waals surface area contributed by atoms with Crippen LogP contribution in [-0.4, -0.2) is 29.6 Å². The van der Waals surface area contributed by atoms with Gasteiger partial charge in [-0.05, 0) is 45.0 Å². The van der Waals surface area contributed by atoms with Crippen molar-refractivity contribution in [2.45, 2.75) is 27.3 Å². The molecule has 3 rings (SSSR count). The number of carbonyl (C=O) groups excluding carboxylic acids is 2. The molecule has 0 fully saturated rings. The molecule has 25 heavy (non-hydrogen) atoms. The van der Waals surface area contributed by atoms with Crippen molar-refractivity contribution in [2.24, 2.45) is 0 Å². The minimum absolute atomic E-state index is 0.348. The SMILES string of the molecule is CCn1c(C)cc(C(=O)NNC(=O)c2ccc3c(c2)OCCO3)c1C. The van der Waals surface area contributed by atoms with Gasteiger partial charge in [0.25, 0.3) is 11.8 Å². The third kappa shape index (κ3) is 3.31. The van der Waals surface area contributed by atoms with Crippen LogP contribution in [0.25, 0.3) is 0 Å². The molecule has 0 saturated heterocycles. The first-order valence-corrected chi connectivity index (χ1v) is 8.18. The van der Waals surface area contributed by atoms with E-state index in [0.717, 1.165) is 17.9 Å². The van der Waals surface area contributed by atoms with Crippen LogP contribution in [0.15, 0.2) is 24.3 Å². The maximum atomic E-state index is 12.3. The molecule has 0 bridgehead atoms. The van der Waals surface area contributed by atoms with Crippen LogP contribution in [0.1, 0.15) is 39.0 Å². The number of carbonyl (C=O) groups is 2. The lowest BCUT2D eigenvalue weighted by Gasteiger charge is -2.18. The zero-order valence-corrected chi connectivity index (χ0v) is 14.5. The number of hydrogen-bond donors (Lipinski definition) is 2. The smallest absolute Gasteiger partial charge is 0.271 e. The van der Waals surface area contributed by atoms with Crippen molar-refractivity contribution >= 4 is 11.8 Å². The number of nitrogens with zero attached hydrogens (tertiary/aromatic N) is 1. The van der Waals surface area contributed by atoms with Crippen LogP contribution in [0.3, 0.4) is 0 Å². The van der Waals surface area contributed by atoms with Crippen LogP contribution in [0.2, 0.25) is 0 Å². The summed E-state index contributed by atoms with van der Waals surface area (Å²) in [5, 5.41) is 0. The number of benzene rings is 1. The van der Waals surface area contributed by atoms with E-state index in [1.165, 1.54) is 0 Å². The lowest BCUT2D eigenvalue weighted by molar-refractivity contribution is 0.0845. The third-order valence-electron chi connectivity index (χ3n) is 4.23. The van der Waals surface area contributed by atoms with Gasteiger partial charge in [-0.15, -0.1) is 0 Å². The first kappa shape index (κ1) is 16.9. The highest BCUT2D eigenvalue weighted by Gasteiger charge is 2.18. The number of fused-ring (bicyclic) bond motifs is 1. The molecule has 0 atom stereocenters. The van der Waals surface area contributed by atoms with Crippen molar-refractivity contribution in [3.05, 3.63) is 46.8 Å². The van der Waals surface area contributed by atoms with Gasteiger partial charge in [-0.25, -0.2) is 0 Å². The Morgan fingerprint density at radius 1 is 1.04 bits per heavy atom. The number of hydrazine groups is 1. The molecular formula is C18H21N3O4. The largest absolute Gasteiger partial charge is 0.486 e. The van der Waals surface area contributed by atoms with Crippen molar-refractivity contribution < 1.29 is 19.1 Å². The molecule has 1 aliphatic rings.